The molecule has 1 atom stereocenters. The number of hydrogen-bond donors (Lipinski definition) is 2. The van der Waals surface area contributed by atoms with Crippen LogP contribution in [0.4, 0.5) is 23.7 Å². The fourth-order valence-corrected chi connectivity index (χ4v) is 5.53. The van der Waals surface area contributed by atoms with Gasteiger partial charge < -0.3 is 29.7 Å². The average molecular weight is 622 g/mol. The predicted molar refractivity (Wildman–Crippen MR) is 154 cm³/mol. The van der Waals surface area contributed by atoms with Crippen molar-refractivity contribution in [3.05, 3.63) is 75.8 Å². The van der Waals surface area contributed by atoms with Gasteiger partial charge in [-0.1, -0.05) is 18.2 Å². The molecule has 0 spiro atoms. The van der Waals surface area contributed by atoms with Crippen molar-refractivity contribution in [2.24, 2.45) is 0 Å². The second-order valence-electron chi connectivity index (χ2n) is 9.97. The molecule has 0 radical (unpaired) electrons. The molecule has 43 heavy (non-hydrogen) atoms. The van der Waals surface area contributed by atoms with Crippen molar-refractivity contribution < 1.29 is 37.0 Å². The van der Waals surface area contributed by atoms with Crippen LogP contribution in [0.2, 0.25) is 0 Å². The highest BCUT2D eigenvalue weighted by Gasteiger charge is 2.45. The number of hydrogen-bond acceptors (Lipinski definition) is 8. The van der Waals surface area contributed by atoms with E-state index in [4.69, 9.17) is 14.2 Å². The van der Waals surface area contributed by atoms with Crippen molar-refractivity contribution in [2.45, 2.75) is 25.2 Å². The summed E-state index contributed by atoms with van der Waals surface area (Å²) in [6.45, 7) is 4.09. The molecule has 10 nitrogen and oxygen atoms in total. The van der Waals surface area contributed by atoms with Gasteiger partial charge in [0, 0.05) is 32.3 Å². The fourth-order valence-electron chi connectivity index (χ4n) is 4.78. The number of nitrogens with zero attached hydrogens (tertiary/aromatic N) is 3. The molecule has 0 saturated carbocycles. The second kappa shape index (κ2) is 15.2. The molecule has 1 aliphatic heterocycles. The lowest BCUT2D eigenvalue weighted by Gasteiger charge is -2.28. The van der Waals surface area contributed by atoms with E-state index in [9.17, 15) is 22.8 Å². The van der Waals surface area contributed by atoms with Crippen molar-refractivity contribution in [3.8, 4) is 0 Å². The number of benzene rings is 2. The van der Waals surface area contributed by atoms with Gasteiger partial charge in [0.1, 0.15) is 17.2 Å². The number of amides is 3. The highest BCUT2D eigenvalue weighted by Crippen LogP contribution is 2.42. The highest BCUT2D eigenvalue weighted by molar-refractivity contribution is 7.05. The number of carbonyl (C=O) groups excluding carboxylic acids is 2. The third-order valence-corrected chi connectivity index (χ3v) is 8.04. The fraction of sp³-hybridized carbons (Fsp3) is 0.448. The van der Waals surface area contributed by atoms with Crippen LogP contribution in [-0.2, 0) is 19.6 Å². The van der Waals surface area contributed by atoms with Crippen LogP contribution in [0, 0.1) is 12.7 Å². The van der Waals surface area contributed by atoms with E-state index in [1.54, 1.807) is 20.1 Å². The number of rotatable bonds is 14. The van der Waals surface area contributed by atoms with E-state index in [1.807, 2.05) is 6.07 Å². The van der Waals surface area contributed by atoms with Gasteiger partial charge in [0.05, 0.1) is 49.7 Å². The van der Waals surface area contributed by atoms with E-state index < -0.39 is 23.8 Å². The lowest BCUT2D eigenvalue weighted by atomic mass is 9.80. The third-order valence-electron chi connectivity index (χ3n) is 7.17. The summed E-state index contributed by atoms with van der Waals surface area (Å²) in [5.41, 5.74) is -0.0210. The standard InChI is InChI=1S/C29H34F3N5O5S/c1-19-3-5-21(16-23(19)30)29(27-34-18-35-43-27)7-9-37(17-29)28(39)36-24-15-20(25(31)32)4-6-22(24)26(38)33-8-10-41-13-14-42-12-11-40-2/h3-6,15-16,18,25H,7-14,17H2,1-2H3,(H,33,38)(H,36,39)/t29-/m0/s1. The van der Waals surface area contributed by atoms with Crippen molar-refractivity contribution in [1.29, 1.82) is 0 Å². The van der Waals surface area contributed by atoms with Crippen molar-refractivity contribution >= 4 is 29.2 Å². The number of alkyl halides is 2. The summed E-state index contributed by atoms with van der Waals surface area (Å²) in [5.74, 6) is -0.930. The maximum absolute atomic E-state index is 14.6. The Labute approximate surface area is 251 Å². The SMILES string of the molecule is COCCOCCOCCNC(=O)c1ccc(C(F)F)cc1NC(=O)N1CC[C@](c2ccc(C)c(F)c2)(c2ncns2)C1. The normalized spacial score (nSPS) is 16.6. The lowest BCUT2D eigenvalue weighted by molar-refractivity contribution is 0.0255. The van der Waals surface area contributed by atoms with E-state index >= 15 is 0 Å². The molecule has 3 aromatic rings. The molecule has 0 bridgehead atoms. The Hall–Kier alpha value is -3.59. The van der Waals surface area contributed by atoms with Gasteiger partial charge in [0.25, 0.3) is 12.3 Å². The first-order valence-electron chi connectivity index (χ1n) is 13.7. The largest absolute Gasteiger partial charge is 0.382 e. The van der Waals surface area contributed by atoms with Crippen LogP contribution in [0.3, 0.4) is 0 Å². The quantitative estimate of drug-likeness (QED) is 0.254. The minimum atomic E-state index is -2.81. The van der Waals surface area contributed by atoms with Crippen LogP contribution in [0.25, 0.3) is 0 Å². The van der Waals surface area contributed by atoms with Crippen molar-refractivity contribution in [3.63, 3.8) is 0 Å². The van der Waals surface area contributed by atoms with Crippen molar-refractivity contribution in [2.75, 3.05) is 65.1 Å². The molecule has 0 aliphatic carbocycles. The Morgan fingerprint density at radius 1 is 1.09 bits per heavy atom. The van der Waals surface area contributed by atoms with Gasteiger partial charge >= 0.3 is 6.03 Å². The minimum absolute atomic E-state index is 0.0239. The van der Waals surface area contributed by atoms with Crippen LogP contribution in [0.5, 0.6) is 0 Å². The summed E-state index contributed by atoms with van der Waals surface area (Å²) < 4.78 is 61.4. The number of nitrogens with one attached hydrogen (secondary N) is 2. The Kier molecular flexibility index (Phi) is 11.4. The Morgan fingerprint density at radius 2 is 1.86 bits per heavy atom. The number of halogens is 3. The van der Waals surface area contributed by atoms with Crippen LogP contribution in [0.15, 0.2) is 42.7 Å². The Morgan fingerprint density at radius 3 is 2.56 bits per heavy atom. The summed E-state index contributed by atoms with van der Waals surface area (Å²) in [7, 11) is 1.58. The van der Waals surface area contributed by atoms with E-state index in [0.29, 0.717) is 49.0 Å². The molecule has 1 aliphatic rings. The van der Waals surface area contributed by atoms with Crippen LogP contribution < -0.4 is 10.6 Å². The maximum atomic E-state index is 14.6. The number of anilines is 1. The first-order chi connectivity index (χ1) is 20.7. The molecule has 1 saturated heterocycles. The molecule has 2 aromatic carbocycles. The van der Waals surface area contributed by atoms with E-state index in [2.05, 4.69) is 20.0 Å². The number of carbonyl (C=O) groups is 2. The number of aryl methyl sites for hydroxylation is 1. The van der Waals surface area contributed by atoms with Gasteiger partial charge in [-0.3, -0.25) is 4.79 Å². The molecular formula is C29H34F3N5O5S. The molecular weight excluding hydrogens is 587 g/mol. The van der Waals surface area contributed by atoms with Gasteiger partial charge in [0.2, 0.25) is 0 Å². The van der Waals surface area contributed by atoms with Crippen LogP contribution >= 0.6 is 11.5 Å². The zero-order chi connectivity index (χ0) is 30.8. The molecule has 1 aromatic heterocycles. The zero-order valence-corrected chi connectivity index (χ0v) is 24.7. The molecule has 2 N–H and O–H groups in total. The van der Waals surface area contributed by atoms with E-state index in [-0.39, 0.29) is 48.9 Å². The molecule has 2 heterocycles. The van der Waals surface area contributed by atoms with Crippen LogP contribution in [-0.4, -0.2) is 86.0 Å². The van der Waals surface area contributed by atoms with Gasteiger partial charge in [-0.15, -0.1) is 0 Å². The summed E-state index contributed by atoms with van der Waals surface area (Å²) in [6.07, 6.45) is -0.946. The number of ether oxygens (including phenoxy) is 3. The summed E-state index contributed by atoms with van der Waals surface area (Å²) in [4.78, 5) is 32.3. The molecule has 232 valence electrons. The van der Waals surface area contributed by atoms with Crippen LogP contribution in [0.1, 0.15) is 44.9 Å². The molecule has 1 fully saturated rings. The minimum Gasteiger partial charge on any atom is -0.382 e. The number of aromatic nitrogens is 2. The smallest absolute Gasteiger partial charge is 0.321 e. The third kappa shape index (κ3) is 8.07. The molecule has 4 rings (SSSR count). The van der Waals surface area contributed by atoms with Gasteiger partial charge in [-0.25, -0.2) is 22.9 Å². The summed E-state index contributed by atoms with van der Waals surface area (Å²) in [6, 6.07) is 7.84. The summed E-state index contributed by atoms with van der Waals surface area (Å²) in [5, 5.41) is 5.96. The molecule has 0 unspecified atom stereocenters. The number of urea groups is 1. The topological polar surface area (TPSA) is 115 Å². The monoisotopic (exact) mass is 621 g/mol. The average Bonchev–Trinajstić information content (AvgIpc) is 3.69. The first-order valence-corrected chi connectivity index (χ1v) is 14.5. The van der Waals surface area contributed by atoms with Crippen molar-refractivity contribution in [1.82, 2.24) is 19.6 Å². The Balaban J connectivity index is 1.44. The van der Waals surface area contributed by atoms with E-state index in [1.165, 1.54) is 34.9 Å². The second-order valence-corrected chi connectivity index (χ2v) is 10.8. The van der Waals surface area contributed by atoms with Gasteiger partial charge in [0.15, 0.2) is 0 Å². The number of likely N-dealkylation sites (tertiary alicyclic amines) is 1. The zero-order valence-electron chi connectivity index (χ0n) is 23.9. The molecule has 14 heteroatoms. The van der Waals surface area contributed by atoms with Gasteiger partial charge in [-0.05, 0) is 54.2 Å². The van der Waals surface area contributed by atoms with Gasteiger partial charge in [-0.2, -0.15) is 4.37 Å². The maximum Gasteiger partial charge on any atom is 0.321 e. The first kappa shape index (κ1) is 32.3. The highest BCUT2D eigenvalue weighted by atomic mass is 32.1. The predicted octanol–water partition coefficient (Wildman–Crippen LogP) is 4.56. The van der Waals surface area contributed by atoms with E-state index in [0.717, 1.165) is 12.1 Å². The molecule has 3 amide bonds. The number of methoxy groups -OCH3 is 1. The lowest BCUT2D eigenvalue weighted by Crippen LogP contribution is -2.38. The Bertz CT molecular complexity index is 1380. The summed E-state index contributed by atoms with van der Waals surface area (Å²) >= 11 is 1.17.